The average Bonchev–Trinajstić information content (AvgIpc) is 2.64. The van der Waals surface area contributed by atoms with Gasteiger partial charge in [-0.3, -0.25) is 4.79 Å². The fourth-order valence-corrected chi connectivity index (χ4v) is 3.09. The summed E-state index contributed by atoms with van der Waals surface area (Å²) in [5, 5.41) is 0. The van der Waals surface area contributed by atoms with E-state index in [2.05, 4.69) is 42.7 Å². The Kier molecular flexibility index (Phi) is 4.66. The highest BCUT2D eigenvalue weighted by Crippen LogP contribution is 2.30. The zero-order chi connectivity index (χ0) is 17.1. The molecule has 1 aromatic heterocycles. The van der Waals surface area contributed by atoms with Gasteiger partial charge < -0.3 is 4.57 Å². The summed E-state index contributed by atoms with van der Waals surface area (Å²) < 4.78 is 2.25. The maximum absolute atomic E-state index is 12.6. The summed E-state index contributed by atoms with van der Waals surface area (Å²) in [7, 11) is 0. The minimum Gasteiger partial charge on any atom is -0.313 e. The fourth-order valence-electron chi connectivity index (χ4n) is 3.09. The van der Waals surface area contributed by atoms with Gasteiger partial charge in [0.2, 0.25) is 0 Å². The fraction of sp³-hybridized carbons (Fsp3) is 0.227. The van der Waals surface area contributed by atoms with Crippen LogP contribution in [-0.4, -0.2) is 4.57 Å². The van der Waals surface area contributed by atoms with Gasteiger partial charge in [-0.05, 0) is 37.0 Å². The monoisotopic (exact) mass is 317 g/mol. The molecule has 3 aromatic rings. The van der Waals surface area contributed by atoms with Crippen LogP contribution in [0.5, 0.6) is 0 Å². The Morgan fingerprint density at radius 2 is 1.54 bits per heavy atom. The van der Waals surface area contributed by atoms with Crippen LogP contribution in [-0.2, 0) is 0 Å². The van der Waals surface area contributed by atoms with Crippen molar-refractivity contribution in [1.82, 2.24) is 4.57 Å². The number of benzene rings is 2. The van der Waals surface area contributed by atoms with E-state index in [1.165, 1.54) is 0 Å². The molecule has 1 heterocycles. The standard InChI is InChI=1S/C22H23NO/c1-4-16(2)20-15-21(24)17(3)22(18-11-7-5-8-12-18)23(20)19-13-9-6-10-14-19/h5-16H,4H2,1-3H3. The lowest BCUT2D eigenvalue weighted by atomic mass is 9.98. The van der Waals surface area contributed by atoms with Gasteiger partial charge >= 0.3 is 0 Å². The lowest BCUT2D eigenvalue weighted by molar-refractivity contribution is 0.681. The second-order valence-corrected chi connectivity index (χ2v) is 6.25. The Labute approximate surface area is 143 Å². The van der Waals surface area contributed by atoms with Crippen molar-refractivity contribution in [1.29, 1.82) is 0 Å². The summed E-state index contributed by atoms with van der Waals surface area (Å²) in [5.74, 6) is 0.306. The molecular formula is C22H23NO. The molecule has 24 heavy (non-hydrogen) atoms. The molecule has 1 unspecified atom stereocenters. The highest BCUT2D eigenvalue weighted by Gasteiger charge is 2.18. The number of rotatable bonds is 4. The van der Waals surface area contributed by atoms with Crippen LogP contribution >= 0.6 is 0 Å². The van der Waals surface area contributed by atoms with Crippen molar-refractivity contribution >= 4 is 0 Å². The van der Waals surface area contributed by atoms with Gasteiger partial charge in [0.25, 0.3) is 0 Å². The molecule has 0 spiro atoms. The van der Waals surface area contributed by atoms with Gasteiger partial charge in [0.15, 0.2) is 5.43 Å². The second-order valence-electron chi connectivity index (χ2n) is 6.25. The molecule has 0 radical (unpaired) electrons. The smallest absolute Gasteiger partial charge is 0.185 e. The molecule has 0 N–H and O–H groups in total. The largest absolute Gasteiger partial charge is 0.313 e. The molecule has 2 heteroatoms. The molecule has 0 saturated carbocycles. The van der Waals surface area contributed by atoms with Crippen LogP contribution in [0.2, 0.25) is 0 Å². The Hall–Kier alpha value is -2.61. The number of aromatic nitrogens is 1. The average molecular weight is 317 g/mol. The van der Waals surface area contributed by atoms with E-state index in [1.54, 1.807) is 0 Å². The lowest BCUT2D eigenvalue weighted by Crippen LogP contribution is -2.19. The molecule has 0 amide bonds. The number of hydrogen-bond acceptors (Lipinski definition) is 1. The molecule has 122 valence electrons. The van der Waals surface area contributed by atoms with E-state index in [4.69, 9.17) is 0 Å². The van der Waals surface area contributed by atoms with Gasteiger partial charge in [-0.2, -0.15) is 0 Å². The topological polar surface area (TPSA) is 22.0 Å². The molecule has 3 rings (SSSR count). The van der Waals surface area contributed by atoms with Crippen LogP contribution in [0.3, 0.4) is 0 Å². The maximum atomic E-state index is 12.6. The van der Waals surface area contributed by atoms with E-state index in [9.17, 15) is 4.79 Å². The maximum Gasteiger partial charge on any atom is 0.185 e. The first-order valence-corrected chi connectivity index (χ1v) is 8.51. The van der Waals surface area contributed by atoms with Crippen molar-refractivity contribution in [3.05, 3.63) is 88.2 Å². The minimum absolute atomic E-state index is 0.108. The third kappa shape index (κ3) is 2.92. The van der Waals surface area contributed by atoms with E-state index in [0.717, 1.165) is 34.6 Å². The third-order valence-corrected chi connectivity index (χ3v) is 4.66. The summed E-state index contributed by atoms with van der Waals surface area (Å²) >= 11 is 0. The van der Waals surface area contributed by atoms with Crippen LogP contribution in [0.4, 0.5) is 0 Å². The predicted molar refractivity (Wildman–Crippen MR) is 101 cm³/mol. The van der Waals surface area contributed by atoms with E-state index >= 15 is 0 Å². The molecule has 0 bridgehead atoms. The lowest BCUT2D eigenvalue weighted by Gasteiger charge is -2.24. The van der Waals surface area contributed by atoms with Crippen LogP contribution in [0.25, 0.3) is 16.9 Å². The summed E-state index contributed by atoms with van der Waals surface area (Å²) in [6.07, 6.45) is 0.990. The molecule has 0 fully saturated rings. The first-order valence-electron chi connectivity index (χ1n) is 8.51. The molecule has 2 aromatic carbocycles. The Balaban J connectivity index is 2.42. The van der Waals surface area contributed by atoms with Gasteiger partial charge in [-0.15, -0.1) is 0 Å². The van der Waals surface area contributed by atoms with Crippen molar-refractivity contribution in [3.63, 3.8) is 0 Å². The number of pyridine rings is 1. The molecule has 0 saturated heterocycles. The van der Waals surface area contributed by atoms with Gasteiger partial charge in [0, 0.05) is 23.0 Å². The summed E-state index contributed by atoms with van der Waals surface area (Å²) in [6, 6.07) is 22.3. The van der Waals surface area contributed by atoms with Crippen LogP contribution in [0, 0.1) is 6.92 Å². The third-order valence-electron chi connectivity index (χ3n) is 4.66. The Bertz CT molecular complexity index is 879. The van der Waals surface area contributed by atoms with E-state index in [-0.39, 0.29) is 5.43 Å². The summed E-state index contributed by atoms with van der Waals surface area (Å²) in [5.41, 5.74) is 5.12. The van der Waals surface area contributed by atoms with Crippen LogP contribution in [0.1, 0.15) is 37.4 Å². The van der Waals surface area contributed by atoms with Gasteiger partial charge in [-0.25, -0.2) is 0 Å². The van der Waals surface area contributed by atoms with Gasteiger partial charge in [0.1, 0.15) is 0 Å². The van der Waals surface area contributed by atoms with Crippen molar-refractivity contribution in [3.8, 4) is 16.9 Å². The Morgan fingerprint density at radius 3 is 2.12 bits per heavy atom. The molecular weight excluding hydrogens is 294 g/mol. The molecule has 0 aliphatic heterocycles. The van der Waals surface area contributed by atoms with Crippen molar-refractivity contribution in [2.45, 2.75) is 33.1 Å². The van der Waals surface area contributed by atoms with Crippen molar-refractivity contribution < 1.29 is 0 Å². The van der Waals surface area contributed by atoms with E-state index < -0.39 is 0 Å². The van der Waals surface area contributed by atoms with E-state index in [0.29, 0.717) is 5.92 Å². The molecule has 0 aliphatic rings. The highest BCUT2D eigenvalue weighted by molar-refractivity contribution is 5.66. The summed E-state index contributed by atoms with van der Waals surface area (Å²) in [4.78, 5) is 12.6. The highest BCUT2D eigenvalue weighted by atomic mass is 16.1. The molecule has 1 atom stereocenters. The number of para-hydroxylation sites is 1. The number of hydrogen-bond donors (Lipinski definition) is 0. The quantitative estimate of drug-likeness (QED) is 0.638. The van der Waals surface area contributed by atoms with Crippen LogP contribution < -0.4 is 5.43 Å². The number of nitrogens with zero attached hydrogens (tertiary/aromatic N) is 1. The van der Waals surface area contributed by atoms with Gasteiger partial charge in [0.05, 0.1) is 5.69 Å². The van der Waals surface area contributed by atoms with Gasteiger partial charge in [-0.1, -0.05) is 62.4 Å². The molecule has 2 nitrogen and oxygen atoms in total. The first-order chi connectivity index (χ1) is 11.6. The summed E-state index contributed by atoms with van der Waals surface area (Å²) in [6.45, 7) is 6.26. The second kappa shape index (κ2) is 6.88. The first kappa shape index (κ1) is 16.3. The zero-order valence-electron chi connectivity index (χ0n) is 14.5. The van der Waals surface area contributed by atoms with Crippen molar-refractivity contribution in [2.24, 2.45) is 0 Å². The predicted octanol–water partition coefficient (Wildman–Crippen LogP) is 5.33. The van der Waals surface area contributed by atoms with Crippen molar-refractivity contribution in [2.75, 3.05) is 0 Å². The minimum atomic E-state index is 0.108. The zero-order valence-corrected chi connectivity index (χ0v) is 14.5. The Morgan fingerprint density at radius 1 is 0.958 bits per heavy atom. The SMILES string of the molecule is CCC(C)c1cc(=O)c(C)c(-c2ccccc2)n1-c1ccccc1. The van der Waals surface area contributed by atoms with E-state index in [1.807, 2.05) is 49.4 Å². The molecule has 0 aliphatic carbocycles. The normalized spacial score (nSPS) is 12.1. The van der Waals surface area contributed by atoms with Crippen LogP contribution in [0.15, 0.2) is 71.5 Å².